The maximum Gasteiger partial charge on any atom is 0.274 e. The maximum atomic E-state index is 11.8. The highest BCUT2D eigenvalue weighted by Crippen LogP contribution is 2.21. The van der Waals surface area contributed by atoms with E-state index in [0.717, 1.165) is 0 Å². The van der Waals surface area contributed by atoms with Crippen LogP contribution in [0.4, 0.5) is 5.13 Å². The van der Waals surface area contributed by atoms with Gasteiger partial charge in [-0.2, -0.15) is 0 Å². The summed E-state index contributed by atoms with van der Waals surface area (Å²) in [6, 6.07) is -0.486. The summed E-state index contributed by atoms with van der Waals surface area (Å²) in [5.41, 5.74) is 10.8. The highest BCUT2D eigenvalue weighted by molar-refractivity contribution is 7.13. The molecule has 0 aliphatic carbocycles. The van der Waals surface area contributed by atoms with E-state index in [9.17, 15) is 9.59 Å². The third-order valence-electron chi connectivity index (χ3n) is 2.35. The van der Waals surface area contributed by atoms with Crippen LogP contribution < -0.4 is 11.5 Å². The van der Waals surface area contributed by atoms with Crippen molar-refractivity contribution in [1.29, 1.82) is 0 Å². The third kappa shape index (κ3) is 1.65. The number of hydrogen-bond acceptors (Lipinski definition) is 5. The minimum absolute atomic E-state index is 0.280. The van der Waals surface area contributed by atoms with Gasteiger partial charge in [0, 0.05) is 11.9 Å². The van der Waals surface area contributed by atoms with Gasteiger partial charge >= 0.3 is 0 Å². The van der Waals surface area contributed by atoms with E-state index in [1.165, 1.54) is 16.2 Å². The van der Waals surface area contributed by atoms with Crippen molar-refractivity contribution >= 4 is 28.3 Å². The fourth-order valence-corrected chi connectivity index (χ4v) is 2.00. The summed E-state index contributed by atoms with van der Waals surface area (Å²) in [6.07, 6.45) is 0.626. The standard InChI is InChI=1S/C8H10N4O2S/c9-6(13)5-1-2-12(5)7(14)4-3-15-8(10)11-4/h3,5H,1-2H2,(H2,9,13)(H2,10,11). The number of nitrogen functional groups attached to an aromatic ring is 1. The molecular formula is C8H10N4O2S. The Bertz CT molecular complexity index is 417. The second-order valence-electron chi connectivity index (χ2n) is 3.28. The Balaban J connectivity index is 2.12. The molecule has 1 unspecified atom stereocenters. The summed E-state index contributed by atoms with van der Waals surface area (Å²) in [4.78, 5) is 28.0. The molecule has 0 saturated carbocycles. The zero-order valence-electron chi connectivity index (χ0n) is 7.84. The predicted octanol–water partition coefficient (Wildman–Crippen LogP) is -0.575. The molecule has 1 atom stereocenters. The third-order valence-corrected chi connectivity index (χ3v) is 3.02. The monoisotopic (exact) mass is 226 g/mol. The molecule has 2 heterocycles. The molecule has 7 heteroatoms. The number of carbonyl (C=O) groups excluding carboxylic acids is 2. The zero-order chi connectivity index (χ0) is 11.0. The van der Waals surface area contributed by atoms with E-state index in [2.05, 4.69) is 4.98 Å². The molecular weight excluding hydrogens is 216 g/mol. The van der Waals surface area contributed by atoms with Crippen LogP contribution in [0.3, 0.4) is 0 Å². The lowest BCUT2D eigenvalue weighted by Crippen LogP contribution is -2.57. The number of amides is 2. The Labute approximate surface area is 89.9 Å². The van der Waals surface area contributed by atoms with Gasteiger partial charge in [0.05, 0.1) is 0 Å². The van der Waals surface area contributed by atoms with Crippen LogP contribution >= 0.6 is 11.3 Å². The van der Waals surface area contributed by atoms with Crippen molar-refractivity contribution in [3.63, 3.8) is 0 Å². The SMILES string of the molecule is NC(=O)C1CCN1C(=O)c1csc(N)n1. The van der Waals surface area contributed by atoms with Gasteiger partial charge in [0.1, 0.15) is 11.7 Å². The summed E-state index contributed by atoms with van der Waals surface area (Å²) in [6.45, 7) is 0.546. The van der Waals surface area contributed by atoms with Gasteiger partial charge in [-0.1, -0.05) is 0 Å². The molecule has 1 aliphatic rings. The smallest absolute Gasteiger partial charge is 0.274 e. The van der Waals surface area contributed by atoms with Crippen molar-refractivity contribution in [3.8, 4) is 0 Å². The van der Waals surface area contributed by atoms with Crippen LogP contribution in [0.1, 0.15) is 16.9 Å². The Morgan fingerprint density at radius 3 is 2.73 bits per heavy atom. The van der Waals surface area contributed by atoms with Gasteiger partial charge in [-0.25, -0.2) is 4.98 Å². The summed E-state index contributed by atoms with van der Waals surface area (Å²) in [5.74, 6) is -0.754. The van der Waals surface area contributed by atoms with E-state index in [-0.39, 0.29) is 11.6 Å². The van der Waals surface area contributed by atoms with Crippen molar-refractivity contribution < 1.29 is 9.59 Å². The number of hydrogen-bond donors (Lipinski definition) is 2. The van der Waals surface area contributed by atoms with E-state index < -0.39 is 11.9 Å². The van der Waals surface area contributed by atoms with Gasteiger partial charge in [-0.3, -0.25) is 9.59 Å². The first-order valence-electron chi connectivity index (χ1n) is 4.41. The molecule has 2 rings (SSSR count). The van der Waals surface area contributed by atoms with Crippen LogP contribution in [0.15, 0.2) is 5.38 Å². The average molecular weight is 226 g/mol. The van der Waals surface area contributed by atoms with Crippen molar-refractivity contribution in [1.82, 2.24) is 9.88 Å². The first-order chi connectivity index (χ1) is 7.09. The van der Waals surface area contributed by atoms with Gasteiger partial charge < -0.3 is 16.4 Å². The fraction of sp³-hybridized carbons (Fsp3) is 0.375. The number of carbonyl (C=O) groups is 2. The molecule has 1 saturated heterocycles. The van der Waals surface area contributed by atoms with Crippen LogP contribution in [-0.4, -0.2) is 34.3 Å². The van der Waals surface area contributed by atoms with E-state index in [0.29, 0.717) is 18.1 Å². The second kappa shape index (κ2) is 3.50. The molecule has 2 amide bonds. The molecule has 1 aliphatic heterocycles. The number of primary amides is 1. The molecule has 4 N–H and O–H groups in total. The summed E-state index contributed by atoms with van der Waals surface area (Å²) < 4.78 is 0. The predicted molar refractivity (Wildman–Crippen MR) is 55.2 cm³/mol. The Morgan fingerprint density at radius 1 is 1.60 bits per heavy atom. The second-order valence-corrected chi connectivity index (χ2v) is 4.17. The normalized spacial score (nSPS) is 19.7. The van der Waals surface area contributed by atoms with Gasteiger partial charge in [-0.05, 0) is 6.42 Å². The molecule has 6 nitrogen and oxygen atoms in total. The number of aromatic nitrogens is 1. The molecule has 80 valence electrons. The minimum Gasteiger partial charge on any atom is -0.375 e. The van der Waals surface area contributed by atoms with Crippen LogP contribution in [0.5, 0.6) is 0 Å². The van der Waals surface area contributed by atoms with Crippen molar-refractivity contribution in [2.45, 2.75) is 12.5 Å². The number of thiazole rings is 1. The number of likely N-dealkylation sites (tertiary alicyclic amines) is 1. The van der Waals surface area contributed by atoms with Crippen molar-refractivity contribution in [2.75, 3.05) is 12.3 Å². The molecule has 0 bridgehead atoms. The zero-order valence-corrected chi connectivity index (χ0v) is 8.66. The fourth-order valence-electron chi connectivity index (χ4n) is 1.46. The maximum absolute atomic E-state index is 11.8. The quantitative estimate of drug-likeness (QED) is 0.704. The Kier molecular flexibility index (Phi) is 2.31. The largest absolute Gasteiger partial charge is 0.375 e. The topological polar surface area (TPSA) is 102 Å². The lowest BCUT2D eigenvalue weighted by Gasteiger charge is -2.38. The van der Waals surface area contributed by atoms with Crippen molar-refractivity contribution in [3.05, 3.63) is 11.1 Å². The van der Waals surface area contributed by atoms with Gasteiger partial charge in [0.25, 0.3) is 5.91 Å². The Morgan fingerprint density at radius 2 is 2.33 bits per heavy atom. The highest BCUT2D eigenvalue weighted by Gasteiger charge is 2.37. The Hall–Kier alpha value is -1.63. The summed E-state index contributed by atoms with van der Waals surface area (Å²) in [5, 5.41) is 1.92. The van der Waals surface area contributed by atoms with Crippen LogP contribution in [-0.2, 0) is 4.79 Å². The summed E-state index contributed by atoms with van der Waals surface area (Å²) >= 11 is 1.20. The lowest BCUT2D eigenvalue weighted by atomic mass is 10.0. The number of nitrogens with two attached hydrogens (primary N) is 2. The van der Waals surface area contributed by atoms with Gasteiger partial charge in [-0.15, -0.1) is 11.3 Å². The number of rotatable bonds is 2. The number of nitrogens with zero attached hydrogens (tertiary/aromatic N) is 2. The van der Waals surface area contributed by atoms with E-state index in [1.54, 1.807) is 5.38 Å². The molecule has 1 aromatic rings. The van der Waals surface area contributed by atoms with Gasteiger partial charge in [0.15, 0.2) is 5.13 Å². The first-order valence-corrected chi connectivity index (χ1v) is 5.29. The van der Waals surface area contributed by atoms with Crippen LogP contribution in [0.25, 0.3) is 0 Å². The van der Waals surface area contributed by atoms with E-state index in [1.807, 2.05) is 0 Å². The molecule has 1 aromatic heterocycles. The lowest BCUT2D eigenvalue weighted by molar-refractivity contribution is -0.125. The average Bonchev–Trinajstić information content (AvgIpc) is 2.48. The highest BCUT2D eigenvalue weighted by atomic mass is 32.1. The van der Waals surface area contributed by atoms with Crippen LogP contribution in [0, 0.1) is 0 Å². The van der Waals surface area contributed by atoms with Gasteiger partial charge in [0.2, 0.25) is 5.91 Å². The van der Waals surface area contributed by atoms with E-state index >= 15 is 0 Å². The molecule has 0 aromatic carbocycles. The molecule has 1 fully saturated rings. The number of anilines is 1. The van der Waals surface area contributed by atoms with E-state index in [4.69, 9.17) is 11.5 Å². The summed E-state index contributed by atoms with van der Waals surface area (Å²) in [7, 11) is 0. The first kappa shape index (κ1) is 9.91. The minimum atomic E-state index is -0.486. The van der Waals surface area contributed by atoms with Crippen molar-refractivity contribution in [2.24, 2.45) is 5.73 Å². The molecule has 0 spiro atoms. The van der Waals surface area contributed by atoms with Crippen LogP contribution in [0.2, 0.25) is 0 Å². The molecule has 0 radical (unpaired) electrons. The molecule has 15 heavy (non-hydrogen) atoms.